The second-order valence-corrected chi connectivity index (χ2v) is 6.25. The molecule has 0 heterocycles. The summed E-state index contributed by atoms with van der Waals surface area (Å²) >= 11 is 4.12. The van der Waals surface area contributed by atoms with Gasteiger partial charge in [-0.05, 0) is 0 Å². The van der Waals surface area contributed by atoms with Gasteiger partial charge in [0, 0.05) is 0 Å². The monoisotopic (exact) mass is 247 g/mol. The van der Waals surface area contributed by atoms with Gasteiger partial charge in [0.25, 0.3) is 0 Å². The second-order valence-electron chi connectivity index (χ2n) is 3.42. The molecule has 0 amide bonds. The van der Waals surface area contributed by atoms with Crippen molar-refractivity contribution in [2.45, 2.75) is 63.6 Å². The van der Waals surface area contributed by atoms with Gasteiger partial charge >= 0.3 is 13.4 Å². The van der Waals surface area contributed by atoms with Crippen molar-refractivity contribution in [1.29, 1.82) is 0 Å². The Kier molecular flexibility index (Phi) is 13.0. The van der Waals surface area contributed by atoms with E-state index in [-0.39, 0.29) is 0 Å². The largest absolute Gasteiger partial charge is 0.317 e. The van der Waals surface area contributed by atoms with Crippen LogP contribution in [0, 0.1) is 0 Å². The van der Waals surface area contributed by atoms with Gasteiger partial charge in [-0.25, -0.2) is 14.1 Å². The van der Waals surface area contributed by atoms with Crippen molar-refractivity contribution < 1.29 is 0 Å². The van der Waals surface area contributed by atoms with Crippen LogP contribution >= 0.6 is 14.1 Å². The summed E-state index contributed by atoms with van der Waals surface area (Å²) in [5.41, 5.74) is 0. The second kappa shape index (κ2) is 12.0. The van der Waals surface area contributed by atoms with Crippen LogP contribution in [-0.2, 0) is 0 Å². The topological polar surface area (TPSA) is 0 Å². The van der Waals surface area contributed by atoms with Crippen LogP contribution in [-0.4, -0.2) is 13.4 Å². The first-order valence-electron chi connectivity index (χ1n) is 5.33. The van der Waals surface area contributed by atoms with Crippen LogP contribution in [0.2, 0.25) is 5.28 Å². The Morgan fingerprint density at radius 2 is 1.33 bits per heavy atom. The van der Waals surface area contributed by atoms with Gasteiger partial charge in [0.1, 0.15) is 0 Å². The molecule has 0 aromatic carbocycles. The summed E-state index contributed by atoms with van der Waals surface area (Å²) in [6.07, 6.45) is 11.6. The molecule has 71 valence electrons. The van der Waals surface area contributed by atoms with Gasteiger partial charge in [-0.1, -0.05) is 63.6 Å². The lowest BCUT2D eigenvalue weighted by Gasteiger charge is -1.99. The lowest BCUT2D eigenvalue weighted by Crippen LogP contribution is -1.81. The van der Waals surface area contributed by atoms with Crippen molar-refractivity contribution in [3.63, 3.8) is 0 Å². The molecule has 0 bridgehead atoms. The SMILES string of the molecule is CCCCCCCCC[CH2][Al][Br]. The van der Waals surface area contributed by atoms with Crippen molar-refractivity contribution in [3.8, 4) is 0 Å². The van der Waals surface area contributed by atoms with E-state index in [1.807, 2.05) is 0 Å². The fraction of sp³-hybridized carbons (Fsp3) is 1.00. The van der Waals surface area contributed by atoms with Gasteiger partial charge in [-0.2, -0.15) is 0 Å². The maximum Gasteiger partial charge on any atom is 0.317 e. The smallest absolute Gasteiger partial charge is 0.233 e. The van der Waals surface area contributed by atoms with E-state index in [0.717, 1.165) is 0 Å². The predicted molar refractivity (Wildman–Crippen MR) is 62.1 cm³/mol. The molecule has 0 aromatic heterocycles. The Bertz CT molecular complexity index is 66.2. The molecule has 0 unspecified atom stereocenters. The van der Waals surface area contributed by atoms with Crippen molar-refractivity contribution >= 4 is 27.4 Å². The molecule has 12 heavy (non-hydrogen) atoms. The molecule has 0 saturated carbocycles. The number of hydrogen-bond acceptors (Lipinski definition) is 0. The average molecular weight is 248 g/mol. The first kappa shape index (κ1) is 13.0. The molecular formula is C10H21AlBr. The van der Waals surface area contributed by atoms with Crippen molar-refractivity contribution in [1.82, 2.24) is 0 Å². The highest BCUT2D eigenvalue weighted by atomic mass is 79.9. The van der Waals surface area contributed by atoms with Crippen LogP contribution in [0.4, 0.5) is 0 Å². The Morgan fingerprint density at radius 1 is 0.833 bits per heavy atom. The molecule has 0 aliphatic carbocycles. The van der Waals surface area contributed by atoms with Gasteiger partial charge in [-0.3, -0.25) is 0 Å². The Morgan fingerprint density at radius 3 is 1.83 bits per heavy atom. The Balaban J connectivity index is 2.73. The zero-order valence-corrected chi connectivity index (χ0v) is 11.1. The van der Waals surface area contributed by atoms with E-state index >= 15 is 0 Å². The van der Waals surface area contributed by atoms with E-state index in [1.165, 1.54) is 56.6 Å². The Labute approximate surface area is 90.9 Å². The van der Waals surface area contributed by atoms with Crippen molar-refractivity contribution in [3.05, 3.63) is 0 Å². The third-order valence-corrected chi connectivity index (χ3v) is 4.17. The summed E-state index contributed by atoms with van der Waals surface area (Å²) in [6.45, 7) is 2.28. The fourth-order valence-electron chi connectivity index (χ4n) is 1.36. The standard InChI is InChI=1S/C10H21.Al.BrH/c1-3-5-7-9-10-8-6-4-2;;/h1,3-10H2,2H3;;1H/q;+1;/p-1. The van der Waals surface area contributed by atoms with Gasteiger partial charge < -0.3 is 0 Å². The van der Waals surface area contributed by atoms with Gasteiger partial charge in [0.05, 0.1) is 0 Å². The third kappa shape index (κ3) is 11.0. The average Bonchev–Trinajstić information content (AvgIpc) is 2.10. The van der Waals surface area contributed by atoms with Gasteiger partial charge in [0.15, 0.2) is 0 Å². The summed E-state index contributed by atoms with van der Waals surface area (Å²) in [5.74, 6) is 0. The lowest BCUT2D eigenvalue weighted by molar-refractivity contribution is 0.585. The van der Waals surface area contributed by atoms with Crippen LogP contribution in [0.1, 0.15) is 58.3 Å². The summed E-state index contributed by atoms with van der Waals surface area (Å²) in [5, 5.41) is 1.44. The first-order chi connectivity index (χ1) is 5.91. The number of rotatable bonds is 9. The first-order valence-corrected chi connectivity index (χ1v) is 9.33. The van der Waals surface area contributed by atoms with Gasteiger partial charge in [-0.15, -0.1) is 0 Å². The van der Waals surface area contributed by atoms with E-state index in [2.05, 4.69) is 21.0 Å². The lowest BCUT2D eigenvalue weighted by atomic mass is 10.1. The minimum absolute atomic E-state index is 0.581. The quantitative estimate of drug-likeness (QED) is 0.414. The van der Waals surface area contributed by atoms with E-state index < -0.39 is 0 Å². The maximum absolute atomic E-state index is 3.54. The van der Waals surface area contributed by atoms with E-state index in [9.17, 15) is 0 Å². The zero-order chi connectivity index (χ0) is 9.07. The normalized spacial score (nSPS) is 10.2. The zero-order valence-electron chi connectivity index (χ0n) is 8.32. The van der Waals surface area contributed by atoms with E-state index in [0.29, 0.717) is 13.4 Å². The van der Waals surface area contributed by atoms with Crippen LogP contribution in [0.25, 0.3) is 0 Å². The highest BCUT2D eigenvalue weighted by Gasteiger charge is 1.91. The maximum atomic E-state index is 3.54. The number of hydrogen-bond donors (Lipinski definition) is 0. The summed E-state index contributed by atoms with van der Waals surface area (Å²) in [4.78, 5) is 0. The van der Waals surface area contributed by atoms with Crippen molar-refractivity contribution in [2.24, 2.45) is 0 Å². The molecule has 0 nitrogen and oxygen atoms in total. The summed E-state index contributed by atoms with van der Waals surface area (Å²) < 4.78 is 0. The number of halogens is 1. The summed E-state index contributed by atoms with van der Waals surface area (Å²) in [7, 11) is 0. The van der Waals surface area contributed by atoms with E-state index in [1.54, 1.807) is 0 Å². The molecule has 0 aromatic rings. The number of unbranched alkanes of at least 4 members (excludes halogenated alkanes) is 7. The molecule has 2 heteroatoms. The highest BCUT2D eigenvalue weighted by molar-refractivity contribution is 9.23. The Hall–Kier alpha value is 1.01. The molecule has 1 radical (unpaired) electrons. The summed E-state index contributed by atoms with van der Waals surface area (Å²) in [6, 6.07) is 0. The van der Waals surface area contributed by atoms with Crippen molar-refractivity contribution in [2.75, 3.05) is 0 Å². The van der Waals surface area contributed by atoms with Crippen LogP contribution in [0.3, 0.4) is 0 Å². The minimum atomic E-state index is 0.581. The third-order valence-electron chi connectivity index (χ3n) is 2.17. The molecular weight excluding hydrogens is 227 g/mol. The highest BCUT2D eigenvalue weighted by Crippen LogP contribution is 2.09. The van der Waals surface area contributed by atoms with Crippen LogP contribution < -0.4 is 0 Å². The molecule has 0 rings (SSSR count). The van der Waals surface area contributed by atoms with Gasteiger partial charge in [0.2, 0.25) is 0 Å². The van der Waals surface area contributed by atoms with Crippen LogP contribution in [0.5, 0.6) is 0 Å². The van der Waals surface area contributed by atoms with E-state index in [4.69, 9.17) is 0 Å². The molecule has 0 saturated heterocycles. The van der Waals surface area contributed by atoms with Crippen LogP contribution in [0.15, 0.2) is 0 Å². The minimum Gasteiger partial charge on any atom is -0.233 e. The fourth-order valence-corrected chi connectivity index (χ4v) is 2.77. The predicted octanol–water partition coefficient (Wildman–Crippen LogP) is 4.56. The molecule has 0 aliphatic heterocycles. The molecule has 0 N–H and O–H groups in total. The molecule has 0 fully saturated rings. The molecule has 0 atom stereocenters. The molecule has 0 spiro atoms. The molecule has 0 aliphatic rings.